The van der Waals surface area contributed by atoms with Crippen LogP contribution in [0.1, 0.15) is 36.7 Å². The molecule has 1 amide bonds. The molecule has 3 aromatic carbocycles. The number of benzene rings is 3. The van der Waals surface area contributed by atoms with Crippen LogP contribution in [0.15, 0.2) is 72.8 Å². The molecule has 0 unspecified atom stereocenters. The number of fused-ring (bicyclic) bond motifs is 3. The van der Waals surface area contributed by atoms with Crippen molar-refractivity contribution >= 4 is 34.4 Å². The molecular formula is C28H23FN2O2S. The van der Waals surface area contributed by atoms with Crippen molar-refractivity contribution in [3.05, 3.63) is 106 Å². The molecular weight excluding hydrogens is 447 g/mol. The number of hydrogen-bond donors (Lipinski definition) is 1. The number of nitrogen functional groups attached to an aromatic ring is 1. The molecule has 1 aliphatic rings. The number of carbonyl (C=O) groups is 2. The molecule has 1 aliphatic heterocycles. The zero-order valence-electron chi connectivity index (χ0n) is 18.7. The Kier molecular flexibility index (Phi) is 5.75. The molecule has 0 radical (unpaired) electrons. The quantitative estimate of drug-likeness (QED) is 0.291. The van der Waals surface area contributed by atoms with Gasteiger partial charge in [-0.1, -0.05) is 30.3 Å². The summed E-state index contributed by atoms with van der Waals surface area (Å²) in [6.07, 6.45) is 0.647. The van der Waals surface area contributed by atoms with Crippen LogP contribution < -0.4 is 10.6 Å². The fourth-order valence-corrected chi connectivity index (χ4v) is 5.55. The number of para-hydroxylation sites is 1. The number of carbonyl (C=O) groups excluding carboxylic acids is 2. The van der Waals surface area contributed by atoms with Gasteiger partial charge < -0.3 is 10.6 Å². The van der Waals surface area contributed by atoms with E-state index in [2.05, 4.69) is 0 Å². The van der Waals surface area contributed by atoms with E-state index >= 15 is 0 Å². The van der Waals surface area contributed by atoms with E-state index in [1.54, 1.807) is 35.2 Å². The van der Waals surface area contributed by atoms with E-state index in [1.807, 2.05) is 43.3 Å². The van der Waals surface area contributed by atoms with E-state index in [0.717, 1.165) is 27.3 Å². The van der Waals surface area contributed by atoms with Crippen molar-refractivity contribution in [3.63, 3.8) is 0 Å². The standard InChI is InChI=1S/C28H23FN2O2S/c1-17-5-4-7-23(29)22(17)16-25(32)26-15-19-13-14-31(28(33)18-9-11-20(30)12-10-18)24-8-3-2-6-21(24)27(19)34-26/h2-12,15H,13-14,16,30H2,1H3. The number of thiophene rings is 1. The highest BCUT2D eigenvalue weighted by Gasteiger charge is 2.27. The lowest BCUT2D eigenvalue weighted by atomic mass is 10.0. The van der Waals surface area contributed by atoms with Crippen molar-refractivity contribution in [2.75, 3.05) is 17.2 Å². The molecule has 5 rings (SSSR count). The van der Waals surface area contributed by atoms with Gasteiger partial charge in [-0.2, -0.15) is 0 Å². The molecule has 170 valence electrons. The van der Waals surface area contributed by atoms with E-state index in [0.29, 0.717) is 34.7 Å². The van der Waals surface area contributed by atoms with Crippen LogP contribution in [-0.2, 0) is 12.8 Å². The molecule has 34 heavy (non-hydrogen) atoms. The number of hydrogen-bond acceptors (Lipinski definition) is 4. The minimum atomic E-state index is -0.353. The van der Waals surface area contributed by atoms with Crippen LogP contribution in [-0.4, -0.2) is 18.2 Å². The summed E-state index contributed by atoms with van der Waals surface area (Å²) in [6.45, 7) is 2.31. The first-order chi connectivity index (χ1) is 16.4. The monoisotopic (exact) mass is 470 g/mol. The summed E-state index contributed by atoms with van der Waals surface area (Å²) in [7, 11) is 0. The minimum absolute atomic E-state index is 0.0291. The number of amides is 1. The summed E-state index contributed by atoms with van der Waals surface area (Å²) in [6, 6.07) is 21.5. The molecule has 4 aromatic rings. The largest absolute Gasteiger partial charge is 0.399 e. The maximum atomic E-state index is 14.3. The summed E-state index contributed by atoms with van der Waals surface area (Å²) < 4.78 is 14.3. The summed E-state index contributed by atoms with van der Waals surface area (Å²) >= 11 is 1.42. The first kappa shape index (κ1) is 22.0. The number of rotatable bonds is 4. The predicted octanol–water partition coefficient (Wildman–Crippen LogP) is 6.07. The SMILES string of the molecule is Cc1cccc(F)c1CC(=O)c1cc2c(s1)-c1ccccc1N(C(=O)c1ccc(N)cc1)CC2. The summed E-state index contributed by atoms with van der Waals surface area (Å²) in [5, 5.41) is 0. The maximum Gasteiger partial charge on any atom is 0.258 e. The molecule has 0 fully saturated rings. The van der Waals surface area contributed by atoms with Crippen LogP contribution in [0.2, 0.25) is 0 Å². The lowest BCUT2D eigenvalue weighted by Gasteiger charge is -2.23. The van der Waals surface area contributed by atoms with Crippen LogP contribution in [0.5, 0.6) is 0 Å². The van der Waals surface area contributed by atoms with Gasteiger partial charge in [0.25, 0.3) is 5.91 Å². The molecule has 0 aliphatic carbocycles. The Balaban J connectivity index is 1.49. The third kappa shape index (κ3) is 4.01. The second kappa shape index (κ2) is 8.88. The lowest BCUT2D eigenvalue weighted by molar-refractivity contribution is 0.0982. The average molecular weight is 471 g/mol. The fraction of sp³-hybridized carbons (Fsp3) is 0.143. The van der Waals surface area contributed by atoms with Gasteiger partial charge in [0.2, 0.25) is 0 Å². The smallest absolute Gasteiger partial charge is 0.258 e. The van der Waals surface area contributed by atoms with Gasteiger partial charge in [0.1, 0.15) is 5.82 Å². The number of anilines is 2. The molecule has 2 heterocycles. The minimum Gasteiger partial charge on any atom is -0.399 e. The molecule has 0 saturated heterocycles. The Morgan fingerprint density at radius 2 is 1.79 bits per heavy atom. The maximum absolute atomic E-state index is 14.3. The molecule has 0 bridgehead atoms. The highest BCUT2D eigenvalue weighted by molar-refractivity contribution is 7.17. The first-order valence-electron chi connectivity index (χ1n) is 11.1. The summed E-state index contributed by atoms with van der Waals surface area (Å²) in [5.74, 6) is -0.541. The van der Waals surface area contributed by atoms with Crippen molar-refractivity contribution in [1.82, 2.24) is 0 Å². The first-order valence-corrected chi connectivity index (χ1v) is 11.9. The topological polar surface area (TPSA) is 63.4 Å². The Hall–Kier alpha value is -3.77. The average Bonchev–Trinajstić information content (AvgIpc) is 3.20. The number of Topliss-reactive ketones (excluding diaryl/α,β-unsaturated/α-hetero) is 1. The van der Waals surface area contributed by atoms with Crippen LogP contribution in [0.25, 0.3) is 10.4 Å². The van der Waals surface area contributed by atoms with Crippen LogP contribution in [0.4, 0.5) is 15.8 Å². The van der Waals surface area contributed by atoms with Crippen molar-refractivity contribution in [2.45, 2.75) is 19.8 Å². The van der Waals surface area contributed by atoms with Gasteiger partial charge in [0, 0.05) is 34.7 Å². The Bertz CT molecular complexity index is 1390. The van der Waals surface area contributed by atoms with E-state index in [9.17, 15) is 14.0 Å². The van der Waals surface area contributed by atoms with E-state index in [1.165, 1.54) is 17.4 Å². The van der Waals surface area contributed by atoms with Gasteiger partial charge in [0.15, 0.2) is 5.78 Å². The molecule has 0 spiro atoms. The number of nitrogens with zero attached hydrogens (tertiary/aromatic N) is 1. The van der Waals surface area contributed by atoms with Gasteiger partial charge in [-0.15, -0.1) is 11.3 Å². The number of aryl methyl sites for hydroxylation is 1. The van der Waals surface area contributed by atoms with Gasteiger partial charge in [-0.3, -0.25) is 9.59 Å². The van der Waals surface area contributed by atoms with E-state index in [4.69, 9.17) is 5.73 Å². The van der Waals surface area contributed by atoms with Crippen LogP contribution in [0, 0.1) is 12.7 Å². The van der Waals surface area contributed by atoms with Crippen LogP contribution >= 0.6 is 11.3 Å². The summed E-state index contributed by atoms with van der Waals surface area (Å²) in [4.78, 5) is 29.8. The number of ketones is 1. The van der Waals surface area contributed by atoms with Gasteiger partial charge in [-0.25, -0.2) is 4.39 Å². The fourth-order valence-electron chi connectivity index (χ4n) is 4.36. The third-order valence-electron chi connectivity index (χ3n) is 6.22. The normalized spacial score (nSPS) is 12.6. The Morgan fingerprint density at radius 1 is 1.03 bits per heavy atom. The highest BCUT2D eigenvalue weighted by atomic mass is 32.1. The highest BCUT2D eigenvalue weighted by Crippen LogP contribution is 2.42. The summed E-state index contributed by atoms with van der Waals surface area (Å²) in [5.41, 5.74) is 10.9. The predicted molar refractivity (Wildman–Crippen MR) is 135 cm³/mol. The molecule has 0 atom stereocenters. The van der Waals surface area contributed by atoms with Gasteiger partial charge >= 0.3 is 0 Å². The second-order valence-electron chi connectivity index (χ2n) is 8.45. The van der Waals surface area contributed by atoms with Crippen molar-refractivity contribution in [1.29, 1.82) is 0 Å². The number of nitrogens with two attached hydrogens (primary N) is 1. The Morgan fingerprint density at radius 3 is 2.56 bits per heavy atom. The van der Waals surface area contributed by atoms with Crippen molar-refractivity contribution in [3.8, 4) is 10.4 Å². The zero-order chi connectivity index (χ0) is 23.8. The van der Waals surface area contributed by atoms with Crippen LogP contribution in [0.3, 0.4) is 0 Å². The number of halogens is 1. The van der Waals surface area contributed by atoms with E-state index in [-0.39, 0.29) is 23.9 Å². The Labute approximate surface area is 201 Å². The zero-order valence-corrected chi connectivity index (χ0v) is 19.5. The van der Waals surface area contributed by atoms with Gasteiger partial charge in [0.05, 0.1) is 10.6 Å². The molecule has 6 heteroatoms. The van der Waals surface area contributed by atoms with E-state index < -0.39 is 0 Å². The van der Waals surface area contributed by atoms with Gasteiger partial charge in [-0.05, 0) is 72.5 Å². The molecule has 4 nitrogen and oxygen atoms in total. The molecule has 2 N–H and O–H groups in total. The second-order valence-corrected chi connectivity index (χ2v) is 9.50. The van der Waals surface area contributed by atoms with Crippen molar-refractivity contribution < 1.29 is 14.0 Å². The lowest BCUT2D eigenvalue weighted by Crippen LogP contribution is -2.32. The van der Waals surface area contributed by atoms with Crippen molar-refractivity contribution in [2.24, 2.45) is 0 Å². The third-order valence-corrected chi connectivity index (χ3v) is 7.47. The molecule has 0 saturated carbocycles. The molecule has 1 aromatic heterocycles.